The monoisotopic (exact) mass is 351 g/mol. The number of benzene rings is 2. The van der Waals surface area contributed by atoms with Crippen LogP contribution in [-0.4, -0.2) is 37.4 Å². The molecule has 3 rings (SSSR count). The van der Waals surface area contributed by atoms with Crippen LogP contribution in [0.5, 0.6) is 11.5 Å². The lowest BCUT2D eigenvalue weighted by atomic mass is 10.1. The van der Waals surface area contributed by atoms with Crippen LogP contribution in [0.4, 0.5) is 5.69 Å². The first-order chi connectivity index (χ1) is 12.5. The van der Waals surface area contributed by atoms with Gasteiger partial charge in [-0.25, -0.2) is 0 Å². The second kappa shape index (κ2) is 7.31. The van der Waals surface area contributed by atoms with E-state index in [0.29, 0.717) is 22.9 Å². The summed E-state index contributed by atoms with van der Waals surface area (Å²) >= 11 is 0. The molecule has 1 heterocycles. The van der Waals surface area contributed by atoms with Gasteiger partial charge in [0.1, 0.15) is 17.2 Å². The highest BCUT2D eigenvalue weighted by atomic mass is 16.5. The zero-order chi connectivity index (χ0) is 18.7. The van der Waals surface area contributed by atoms with E-state index in [1.807, 2.05) is 43.3 Å². The van der Waals surface area contributed by atoms with Crippen molar-refractivity contribution >= 4 is 11.6 Å². The number of carbonyl (C=O) groups is 1. The van der Waals surface area contributed by atoms with E-state index in [4.69, 9.17) is 9.47 Å². The van der Waals surface area contributed by atoms with Crippen molar-refractivity contribution in [3.05, 3.63) is 59.8 Å². The molecule has 0 aliphatic rings. The summed E-state index contributed by atoms with van der Waals surface area (Å²) in [7, 11) is 4.93. The zero-order valence-corrected chi connectivity index (χ0v) is 15.2. The normalized spacial score (nSPS) is 10.5. The SMILES string of the molecule is COc1ccc(-c2cc(C(=O)N(C)c3cccc(C)c3)[nH]n2)c(OC)c1. The fourth-order valence-electron chi connectivity index (χ4n) is 2.71. The summed E-state index contributed by atoms with van der Waals surface area (Å²) in [5.74, 6) is 1.15. The van der Waals surface area contributed by atoms with Gasteiger partial charge in [0, 0.05) is 24.4 Å². The smallest absolute Gasteiger partial charge is 0.276 e. The Morgan fingerprint density at radius 2 is 1.88 bits per heavy atom. The van der Waals surface area contributed by atoms with Crippen molar-refractivity contribution in [3.8, 4) is 22.8 Å². The van der Waals surface area contributed by atoms with Crippen molar-refractivity contribution < 1.29 is 14.3 Å². The average molecular weight is 351 g/mol. The number of ether oxygens (including phenoxy) is 2. The molecule has 1 aromatic heterocycles. The predicted octanol–water partition coefficient (Wildman–Crippen LogP) is 3.68. The number of H-pyrrole nitrogens is 1. The summed E-state index contributed by atoms with van der Waals surface area (Å²) in [6.45, 7) is 1.99. The molecule has 0 atom stereocenters. The summed E-state index contributed by atoms with van der Waals surface area (Å²) in [5, 5.41) is 7.09. The topological polar surface area (TPSA) is 67.5 Å². The summed E-state index contributed by atoms with van der Waals surface area (Å²) in [4.78, 5) is 14.4. The molecule has 6 nitrogen and oxygen atoms in total. The fourth-order valence-corrected chi connectivity index (χ4v) is 2.71. The minimum absolute atomic E-state index is 0.165. The lowest BCUT2D eigenvalue weighted by Gasteiger charge is -2.16. The number of aromatic nitrogens is 2. The van der Waals surface area contributed by atoms with Crippen LogP contribution in [0.1, 0.15) is 16.1 Å². The number of nitrogens with one attached hydrogen (secondary N) is 1. The first-order valence-electron chi connectivity index (χ1n) is 8.16. The van der Waals surface area contributed by atoms with Gasteiger partial charge in [-0.2, -0.15) is 5.10 Å². The van der Waals surface area contributed by atoms with Crippen LogP contribution in [0, 0.1) is 6.92 Å². The Morgan fingerprint density at radius 1 is 1.08 bits per heavy atom. The van der Waals surface area contributed by atoms with E-state index >= 15 is 0 Å². The predicted molar refractivity (Wildman–Crippen MR) is 101 cm³/mol. The molecule has 134 valence electrons. The molecular formula is C20H21N3O3. The Kier molecular flexibility index (Phi) is 4.93. The number of nitrogens with zero attached hydrogens (tertiary/aromatic N) is 2. The molecule has 1 amide bonds. The number of aryl methyl sites for hydroxylation is 1. The van der Waals surface area contributed by atoms with Crippen LogP contribution in [-0.2, 0) is 0 Å². The van der Waals surface area contributed by atoms with E-state index in [2.05, 4.69) is 10.2 Å². The number of anilines is 1. The van der Waals surface area contributed by atoms with Crippen LogP contribution in [0.3, 0.4) is 0 Å². The molecule has 1 N–H and O–H groups in total. The standard InChI is InChI=1S/C20H21N3O3/c1-13-6-5-7-14(10-13)23(2)20(24)18-12-17(21-22-18)16-9-8-15(25-3)11-19(16)26-4/h5-12H,1-4H3,(H,21,22). The van der Waals surface area contributed by atoms with Crippen LogP contribution in [0.25, 0.3) is 11.3 Å². The van der Waals surface area contributed by atoms with E-state index in [1.165, 1.54) is 0 Å². The average Bonchev–Trinajstić information content (AvgIpc) is 3.16. The van der Waals surface area contributed by atoms with Crippen molar-refractivity contribution in [2.45, 2.75) is 6.92 Å². The van der Waals surface area contributed by atoms with Crippen LogP contribution < -0.4 is 14.4 Å². The maximum absolute atomic E-state index is 12.8. The van der Waals surface area contributed by atoms with E-state index in [0.717, 1.165) is 16.8 Å². The maximum Gasteiger partial charge on any atom is 0.276 e. The maximum atomic E-state index is 12.8. The minimum atomic E-state index is -0.165. The lowest BCUT2D eigenvalue weighted by molar-refractivity contribution is 0.0988. The van der Waals surface area contributed by atoms with Gasteiger partial charge in [-0.1, -0.05) is 12.1 Å². The molecule has 0 radical (unpaired) electrons. The van der Waals surface area contributed by atoms with Gasteiger partial charge in [-0.05, 0) is 42.8 Å². The van der Waals surface area contributed by atoms with Crippen LogP contribution in [0.15, 0.2) is 48.5 Å². The molecule has 0 unspecified atom stereocenters. The Morgan fingerprint density at radius 3 is 2.58 bits per heavy atom. The van der Waals surface area contributed by atoms with Gasteiger partial charge < -0.3 is 14.4 Å². The molecule has 26 heavy (non-hydrogen) atoms. The Bertz CT molecular complexity index is 934. The first kappa shape index (κ1) is 17.5. The van der Waals surface area contributed by atoms with E-state index < -0.39 is 0 Å². The highest BCUT2D eigenvalue weighted by molar-refractivity contribution is 6.05. The Hall–Kier alpha value is -3.28. The molecule has 0 aliphatic heterocycles. The number of aromatic amines is 1. The summed E-state index contributed by atoms with van der Waals surface area (Å²) in [5.41, 5.74) is 3.73. The second-order valence-corrected chi connectivity index (χ2v) is 5.94. The summed E-state index contributed by atoms with van der Waals surface area (Å²) < 4.78 is 10.6. The third-order valence-corrected chi connectivity index (χ3v) is 4.19. The molecule has 6 heteroatoms. The van der Waals surface area contributed by atoms with Gasteiger partial charge in [0.25, 0.3) is 5.91 Å². The molecule has 0 saturated heterocycles. The molecule has 0 saturated carbocycles. The van der Waals surface area contributed by atoms with Crippen molar-refractivity contribution in [2.24, 2.45) is 0 Å². The van der Waals surface area contributed by atoms with E-state index in [1.54, 1.807) is 38.3 Å². The third-order valence-electron chi connectivity index (χ3n) is 4.19. The van der Waals surface area contributed by atoms with Gasteiger partial charge in [0.2, 0.25) is 0 Å². The highest BCUT2D eigenvalue weighted by Crippen LogP contribution is 2.32. The van der Waals surface area contributed by atoms with Gasteiger partial charge in [0.15, 0.2) is 0 Å². The third kappa shape index (κ3) is 3.39. The fraction of sp³-hybridized carbons (Fsp3) is 0.200. The first-order valence-corrected chi connectivity index (χ1v) is 8.16. The molecular weight excluding hydrogens is 330 g/mol. The molecule has 3 aromatic rings. The number of carbonyl (C=O) groups excluding carboxylic acids is 1. The van der Waals surface area contributed by atoms with Crippen LogP contribution in [0.2, 0.25) is 0 Å². The lowest BCUT2D eigenvalue weighted by Crippen LogP contribution is -2.26. The van der Waals surface area contributed by atoms with E-state index in [-0.39, 0.29) is 5.91 Å². The quantitative estimate of drug-likeness (QED) is 0.761. The Balaban J connectivity index is 1.89. The van der Waals surface area contributed by atoms with Crippen molar-refractivity contribution in [1.82, 2.24) is 10.2 Å². The molecule has 0 spiro atoms. The minimum Gasteiger partial charge on any atom is -0.497 e. The summed E-state index contributed by atoms with van der Waals surface area (Å²) in [6.07, 6.45) is 0. The number of amides is 1. The molecule has 0 fully saturated rings. The van der Waals surface area contributed by atoms with Gasteiger partial charge >= 0.3 is 0 Å². The zero-order valence-electron chi connectivity index (χ0n) is 15.2. The van der Waals surface area contributed by atoms with E-state index in [9.17, 15) is 4.79 Å². The van der Waals surface area contributed by atoms with Gasteiger partial charge in [-0.3, -0.25) is 9.89 Å². The number of methoxy groups -OCH3 is 2. The number of hydrogen-bond acceptors (Lipinski definition) is 4. The molecule has 2 aromatic carbocycles. The van der Waals surface area contributed by atoms with Gasteiger partial charge in [-0.15, -0.1) is 0 Å². The molecule has 0 aliphatic carbocycles. The highest BCUT2D eigenvalue weighted by Gasteiger charge is 2.18. The van der Waals surface area contributed by atoms with Crippen molar-refractivity contribution in [3.63, 3.8) is 0 Å². The second-order valence-electron chi connectivity index (χ2n) is 5.94. The van der Waals surface area contributed by atoms with Gasteiger partial charge in [0.05, 0.1) is 19.9 Å². The number of rotatable bonds is 5. The van der Waals surface area contributed by atoms with Crippen molar-refractivity contribution in [1.29, 1.82) is 0 Å². The van der Waals surface area contributed by atoms with Crippen molar-refractivity contribution in [2.75, 3.05) is 26.2 Å². The summed E-state index contributed by atoms with van der Waals surface area (Å²) in [6, 6.07) is 15.0. The largest absolute Gasteiger partial charge is 0.497 e. The molecule has 0 bridgehead atoms. The number of hydrogen-bond donors (Lipinski definition) is 1. The Labute approximate surface area is 152 Å². The van der Waals surface area contributed by atoms with Crippen LogP contribution >= 0.6 is 0 Å².